The molecule has 0 radical (unpaired) electrons. The molecule has 0 aliphatic rings. The van der Waals surface area contributed by atoms with Crippen LogP contribution >= 0.6 is 0 Å². The first-order valence-electron chi connectivity index (χ1n) is 1.49. The summed E-state index contributed by atoms with van der Waals surface area (Å²) in [5, 5.41) is 0. The van der Waals surface area contributed by atoms with E-state index in [1.807, 2.05) is 0 Å². The van der Waals surface area contributed by atoms with Gasteiger partial charge in [0, 0.05) is 0 Å². The Kier molecular flexibility index (Phi) is 2.06. The van der Waals surface area contributed by atoms with Gasteiger partial charge in [0.25, 0.3) is 0 Å². The van der Waals surface area contributed by atoms with E-state index in [0.29, 0.717) is 0 Å². The molecule has 0 bridgehead atoms. The molecule has 4 heavy (non-hydrogen) atoms. The molecule has 0 heterocycles. The van der Waals surface area contributed by atoms with Crippen LogP contribution in [-0.2, 0) is 0 Å². The normalized spacial score (nSPS) is 9.25. The Balaban J connectivity index is 2.32. The van der Waals surface area contributed by atoms with Crippen LogP contribution in [0.3, 0.4) is 0 Å². The van der Waals surface area contributed by atoms with E-state index < -0.39 is 0 Å². The molecule has 1 heteroatoms. The maximum atomic E-state index is 2.66. The Morgan fingerprint density at radius 1 is 1.50 bits per heavy atom. The zero-order valence-electron chi connectivity index (χ0n) is 3.15. The Morgan fingerprint density at radius 3 is 1.50 bits per heavy atom. The summed E-state index contributed by atoms with van der Waals surface area (Å²) in [6.07, 6.45) is 0. The van der Waals surface area contributed by atoms with Gasteiger partial charge in [0.05, 0.1) is 0 Å². The van der Waals surface area contributed by atoms with Gasteiger partial charge in [-0.15, -0.1) is 0 Å². The van der Waals surface area contributed by atoms with Crippen molar-refractivity contribution in [1.82, 2.24) is 0 Å². The fraction of sp³-hybridized carbons (Fsp3) is 1.00. The van der Waals surface area contributed by atoms with Crippen molar-refractivity contribution in [3.8, 4) is 0 Å². The molecule has 20 valence electrons. The van der Waals surface area contributed by atoms with E-state index in [9.17, 15) is 0 Å². The molecule has 0 unspecified atom stereocenters. The maximum absolute atomic E-state index is 2.66. The Hall–Kier alpha value is 0.532. The van der Waals surface area contributed by atoms with Crippen LogP contribution in [0.2, 0.25) is 4.78 Å². The van der Waals surface area contributed by atoms with Gasteiger partial charge in [-0.05, 0) is 0 Å². The minimum absolute atomic E-state index is 0.750. The van der Waals surface area contributed by atoms with Crippen molar-refractivity contribution >= 4 is 16.3 Å². The van der Waals surface area contributed by atoms with Crippen LogP contribution in [0.25, 0.3) is 0 Å². The number of hydrogen-bond donors (Lipinski definition) is 0. The summed E-state index contributed by atoms with van der Waals surface area (Å²) in [5.74, 6) is 0. The predicted octanol–water partition coefficient (Wildman–Crippen LogP) is 0.983. The fourth-order valence-electron chi connectivity index (χ4n) is 0. The van der Waals surface area contributed by atoms with Gasteiger partial charge in [-0.25, -0.2) is 0 Å². The van der Waals surface area contributed by atoms with Gasteiger partial charge >= 0.3 is 34.9 Å². The van der Waals surface area contributed by atoms with E-state index in [0.717, 1.165) is 4.78 Å². The molecule has 0 atom stereocenters. The number of hydrogen-bond acceptors (Lipinski definition) is 0. The third-order valence-electron chi connectivity index (χ3n) is 0. The molecule has 0 N–H and O–H groups in total. The Labute approximate surface area is 35.6 Å². The van der Waals surface area contributed by atoms with Gasteiger partial charge in [0.1, 0.15) is 0 Å². The standard InChI is InChI=1S/C3H7.Al/c1-3-2;/h3H,1-2H3;/q;+2. The molecule has 0 nitrogen and oxygen atoms in total. The molecule has 0 aromatic rings. The second-order valence-electron chi connectivity index (χ2n) is 1.24. The van der Waals surface area contributed by atoms with E-state index >= 15 is 0 Å². The summed E-state index contributed by atoms with van der Waals surface area (Å²) in [6.45, 7) is 4.26. The molecular formula is C3H7Al+2. The van der Waals surface area contributed by atoms with Crippen LogP contribution < -0.4 is 0 Å². The molecule has 0 aliphatic carbocycles. The fourth-order valence-corrected chi connectivity index (χ4v) is 0. The predicted molar refractivity (Wildman–Crippen MR) is 20.9 cm³/mol. The van der Waals surface area contributed by atoms with Crippen molar-refractivity contribution in [3.63, 3.8) is 0 Å². The van der Waals surface area contributed by atoms with Crippen molar-refractivity contribution < 1.29 is 0 Å². The van der Waals surface area contributed by atoms with Gasteiger partial charge in [-0.1, -0.05) is 0 Å². The topological polar surface area (TPSA) is 0 Å². The Bertz CT molecular complexity index is 8.00. The van der Waals surface area contributed by atoms with E-state index in [1.54, 1.807) is 0 Å². The van der Waals surface area contributed by atoms with Crippen molar-refractivity contribution in [2.24, 2.45) is 0 Å². The summed E-state index contributed by atoms with van der Waals surface area (Å²) in [5.41, 5.74) is 0. The van der Waals surface area contributed by atoms with Crippen LogP contribution in [-0.4, -0.2) is 16.3 Å². The number of rotatable bonds is 0. The monoisotopic (exact) mass is 70.0 g/mol. The summed E-state index contributed by atoms with van der Waals surface area (Å²) in [6, 6.07) is 0. The Morgan fingerprint density at radius 2 is 1.50 bits per heavy atom. The third kappa shape index (κ3) is 21.0. The molecule has 0 aromatic carbocycles. The summed E-state index contributed by atoms with van der Waals surface area (Å²) < 4.78 is 0.750. The van der Waals surface area contributed by atoms with E-state index in [-0.39, 0.29) is 0 Å². The van der Waals surface area contributed by atoms with Crippen LogP contribution in [0.15, 0.2) is 0 Å². The quantitative estimate of drug-likeness (QED) is 0.373. The molecule has 0 fully saturated rings. The van der Waals surface area contributed by atoms with Crippen LogP contribution in [0.1, 0.15) is 13.8 Å². The molecule has 0 aliphatic heterocycles. The zero-order chi connectivity index (χ0) is 3.58. The first-order valence-corrected chi connectivity index (χ1v) is 2.15. The van der Waals surface area contributed by atoms with Crippen LogP contribution in [0.5, 0.6) is 0 Å². The van der Waals surface area contributed by atoms with Gasteiger partial charge in [0.15, 0.2) is 0 Å². The first kappa shape index (κ1) is 4.53. The van der Waals surface area contributed by atoms with E-state index in [1.165, 1.54) is 0 Å². The molecule has 0 rings (SSSR count). The molecule has 0 saturated carbocycles. The van der Waals surface area contributed by atoms with Crippen molar-refractivity contribution in [2.45, 2.75) is 18.6 Å². The average molecular weight is 70.1 g/mol. The van der Waals surface area contributed by atoms with Crippen LogP contribution in [0.4, 0.5) is 0 Å². The second-order valence-corrected chi connectivity index (χ2v) is 2.58. The summed E-state index contributed by atoms with van der Waals surface area (Å²) >= 11 is 2.66. The summed E-state index contributed by atoms with van der Waals surface area (Å²) in [4.78, 5) is 0. The second kappa shape index (κ2) is 1.82. The first-order chi connectivity index (χ1) is 1.73. The van der Waals surface area contributed by atoms with Crippen molar-refractivity contribution in [3.05, 3.63) is 0 Å². The molecule has 0 spiro atoms. The molecule has 0 saturated heterocycles. The van der Waals surface area contributed by atoms with E-state index in [2.05, 4.69) is 30.1 Å². The van der Waals surface area contributed by atoms with Crippen LogP contribution in [0, 0.1) is 0 Å². The SMILES string of the molecule is C[CH](C)[Al+2]. The van der Waals surface area contributed by atoms with Crippen molar-refractivity contribution in [1.29, 1.82) is 0 Å². The van der Waals surface area contributed by atoms with Gasteiger partial charge in [-0.3, -0.25) is 0 Å². The van der Waals surface area contributed by atoms with Gasteiger partial charge in [0.2, 0.25) is 0 Å². The molecule has 0 amide bonds. The molecular weight excluding hydrogens is 63.0 g/mol. The van der Waals surface area contributed by atoms with Gasteiger partial charge < -0.3 is 0 Å². The zero-order valence-corrected chi connectivity index (χ0v) is 4.31. The summed E-state index contributed by atoms with van der Waals surface area (Å²) in [7, 11) is 0. The van der Waals surface area contributed by atoms with Gasteiger partial charge in [-0.2, -0.15) is 0 Å². The van der Waals surface area contributed by atoms with Crippen molar-refractivity contribution in [2.75, 3.05) is 0 Å². The minimum atomic E-state index is 0.750. The average Bonchev–Trinajstić information content (AvgIpc) is 0.811. The van der Waals surface area contributed by atoms with E-state index in [4.69, 9.17) is 0 Å². The third-order valence-corrected chi connectivity index (χ3v) is 0. The molecule has 0 aromatic heterocycles.